The third-order valence-corrected chi connectivity index (χ3v) is 5.97. The molecule has 3 heterocycles. The number of hydrogen-bond acceptors (Lipinski definition) is 5. The van der Waals surface area contributed by atoms with Crippen molar-refractivity contribution in [1.29, 1.82) is 0 Å². The normalized spacial score (nSPS) is 18.7. The second-order valence-corrected chi connectivity index (χ2v) is 9.55. The van der Waals surface area contributed by atoms with Crippen molar-refractivity contribution >= 4 is 34.3 Å². The Morgan fingerprint density at radius 1 is 1.06 bits per heavy atom. The lowest BCUT2D eigenvalue weighted by molar-refractivity contribution is -0.154. The molecule has 1 fully saturated rings. The van der Waals surface area contributed by atoms with Crippen molar-refractivity contribution < 1.29 is 18.8 Å². The van der Waals surface area contributed by atoms with E-state index in [0.29, 0.717) is 22.2 Å². The van der Waals surface area contributed by atoms with Crippen LogP contribution in [0.25, 0.3) is 10.9 Å². The van der Waals surface area contributed by atoms with Gasteiger partial charge in [0.05, 0.1) is 35.8 Å². The van der Waals surface area contributed by atoms with Crippen LogP contribution >= 0.6 is 0 Å². The molecule has 0 aliphatic carbocycles. The molecule has 1 aliphatic heterocycles. The van der Waals surface area contributed by atoms with Gasteiger partial charge in [0.1, 0.15) is 5.82 Å². The molecule has 10 heteroatoms. The summed E-state index contributed by atoms with van der Waals surface area (Å²) in [5.74, 6) is -2.04. The highest BCUT2D eigenvalue weighted by atomic mass is 19.1. The summed E-state index contributed by atoms with van der Waals surface area (Å²) in [6.07, 6.45) is 4.55. The van der Waals surface area contributed by atoms with Crippen molar-refractivity contribution in [1.82, 2.24) is 25.0 Å². The minimum absolute atomic E-state index is 0.0543. The van der Waals surface area contributed by atoms with E-state index in [0.717, 1.165) is 0 Å². The molecule has 2 atom stereocenters. The summed E-state index contributed by atoms with van der Waals surface area (Å²) in [7, 11) is 0. The molecule has 178 valence electrons. The van der Waals surface area contributed by atoms with Gasteiger partial charge in [-0.1, -0.05) is 32.9 Å². The Labute approximate surface area is 196 Å². The van der Waals surface area contributed by atoms with Crippen LogP contribution in [0.4, 0.5) is 10.1 Å². The molecular formula is C24H27FN6O3. The van der Waals surface area contributed by atoms with Gasteiger partial charge in [-0.25, -0.2) is 4.39 Å². The number of rotatable bonds is 2. The first kappa shape index (κ1) is 23.3. The number of aromatic nitrogens is 3. The number of carbonyl (C=O) groups is 3. The number of nitrogens with one attached hydrogen (secondary N) is 2. The van der Waals surface area contributed by atoms with E-state index in [2.05, 4.69) is 20.5 Å². The first-order valence-electron chi connectivity index (χ1n) is 11.0. The Morgan fingerprint density at radius 2 is 1.76 bits per heavy atom. The molecule has 34 heavy (non-hydrogen) atoms. The number of carbonyl (C=O) groups excluding carboxylic acids is 3. The fourth-order valence-electron chi connectivity index (χ4n) is 4.15. The number of aromatic amines is 1. The van der Waals surface area contributed by atoms with Crippen LogP contribution in [0.1, 0.15) is 39.3 Å². The predicted octanol–water partition coefficient (Wildman–Crippen LogP) is 2.88. The Hall–Kier alpha value is -3.82. The van der Waals surface area contributed by atoms with E-state index in [1.165, 1.54) is 29.4 Å². The van der Waals surface area contributed by atoms with E-state index >= 15 is 0 Å². The van der Waals surface area contributed by atoms with Gasteiger partial charge in [-0.05, 0) is 24.6 Å². The molecule has 3 amide bonds. The number of anilines is 1. The first-order chi connectivity index (χ1) is 16.1. The van der Waals surface area contributed by atoms with Crippen molar-refractivity contribution in [2.45, 2.75) is 39.8 Å². The molecule has 1 saturated heterocycles. The van der Waals surface area contributed by atoms with Crippen LogP contribution in [-0.2, 0) is 14.4 Å². The number of halogens is 1. The number of hydrogen-bond donors (Lipinski definition) is 2. The number of pyridine rings is 1. The number of benzene rings is 1. The van der Waals surface area contributed by atoms with Crippen LogP contribution in [-0.4, -0.2) is 61.8 Å². The fraction of sp³-hybridized carbons (Fsp3) is 0.375. The SMILES string of the molecule is CC1CN(C(=O)C(=O)Nc2cncc3[nH]ncc23)C(c2ccc(F)cc2)CN1C(=O)C(C)(C)C. The standard InChI is InChI=1S/C24H27FN6O3/c1-14-12-31(22(33)21(32)28-18-10-26-11-19-17(18)9-27-29-19)20(15-5-7-16(25)8-6-15)13-30(14)23(34)24(2,3)4/h5-11,14,20H,12-13H2,1-4H3,(H,27,29)(H,28,32). The topological polar surface area (TPSA) is 111 Å². The number of amides is 3. The molecule has 2 aromatic heterocycles. The highest BCUT2D eigenvalue weighted by Gasteiger charge is 2.41. The molecule has 0 spiro atoms. The quantitative estimate of drug-likeness (QED) is 0.564. The zero-order chi connectivity index (χ0) is 24.6. The Morgan fingerprint density at radius 3 is 2.44 bits per heavy atom. The zero-order valence-corrected chi connectivity index (χ0v) is 19.5. The van der Waals surface area contributed by atoms with Crippen molar-refractivity contribution in [3.05, 3.63) is 54.2 Å². The van der Waals surface area contributed by atoms with Gasteiger partial charge in [-0.2, -0.15) is 5.10 Å². The van der Waals surface area contributed by atoms with Gasteiger partial charge in [0.15, 0.2) is 0 Å². The average Bonchev–Trinajstić information content (AvgIpc) is 3.28. The van der Waals surface area contributed by atoms with E-state index in [1.807, 2.05) is 27.7 Å². The fourth-order valence-corrected chi connectivity index (χ4v) is 4.15. The minimum atomic E-state index is -0.828. The summed E-state index contributed by atoms with van der Waals surface area (Å²) >= 11 is 0. The van der Waals surface area contributed by atoms with Gasteiger partial charge in [0, 0.05) is 29.9 Å². The van der Waals surface area contributed by atoms with Crippen LogP contribution in [0.2, 0.25) is 0 Å². The van der Waals surface area contributed by atoms with Crippen molar-refractivity contribution in [3.63, 3.8) is 0 Å². The predicted molar refractivity (Wildman–Crippen MR) is 124 cm³/mol. The van der Waals surface area contributed by atoms with Crippen molar-refractivity contribution in [2.75, 3.05) is 18.4 Å². The van der Waals surface area contributed by atoms with Gasteiger partial charge >= 0.3 is 11.8 Å². The summed E-state index contributed by atoms with van der Waals surface area (Å²) in [4.78, 5) is 46.6. The lowest BCUT2D eigenvalue weighted by Gasteiger charge is -2.46. The largest absolute Gasteiger partial charge is 0.335 e. The Kier molecular flexibility index (Phi) is 6.07. The monoisotopic (exact) mass is 466 g/mol. The lowest BCUT2D eigenvalue weighted by atomic mass is 9.91. The van der Waals surface area contributed by atoms with E-state index in [4.69, 9.17) is 0 Å². The zero-order valence-electron chi connectivity index (χ0n) is 19.5. The maximum absolute atomic E-state index is 13.6. The summed E-state index contributed by atoms with van der Waals surface area (Å²) in [5.41, 5.74) is 1.01. The van der Waals surface area contributed by atoms with E-state index < -0.39 is 29.1 Å². The van der Waals surface area contributed by atoms with Crippen LogP contribution in [0.3, 0.4) is 0 Å². The molecule has 0 saturated carbocycles. The second-order valence-electron chi connectivity index (χ2n) is 9.55. The molecule has 2 unspecified atom stereocenters. The number of fused-ring (bicyclic) bond motifs is 1. The molecule has 1 aliphatic rings. The third-order valence-electron chi connectivity index (χ3n) is 5.97. The molecule has 4 rings (SSSR count). The van der Waals surface area contributed by atoms with Gasteiger partial charge < -0.3 is 15.1 Å². The number of nitrogens with zero attached hydrogens (tertiary/aromatic N) is 4. The molecule has 1 aromatic carbocycles. The van der Waals surface area contributed by atoms with Crippen LogP contribution < -0.4 is 5.32 Å². The molecule has 0 bridgehead atoms. The summed E-state index contributed by atoms with van der Waals surface area (Å²) < 4.78 is 13.6. The van der Waals surface area contributed by atoms with Crippen LogP contribution in [0.15, 0.2) is 42.9 Å². The maximum Gasteiger partial charge on any atom is 0.313 e. The highest BCUT2D eigenvalue weighted by Crippen LogP contribution is 2.31. The molecule has 3 aromatic rings. The molecule has 9 nitrogen and oxygen atoms in total. The summed E-state index contributed by atoms with van der Waals surface area (Å²) in [6, 6.07) is 4.84. The third kappa shape index (κ3) is 4.48. The number of H-pyrrole nitrogens is 1. The van der Waals surface area contributed by atoms with Crippen LogP contribution in [0.5, 0.6) is 0 Å². The van der Waals surface area contributed by atoms with Gasteiger partial charge in [0.25, 0.3) is 0 Å². The van der Waals surface area contributed by atoms with E-state index in [1.54, 1.807) is 23.2 Å². The van der Waals surface area contributed by atoms with Crippen LogP contribution in [0, 0.1) is 11.2 Å². The molecule has 0 radical (unpaired) electrons. The van der Waals surface area contributed by atoms with Crippen molar-refractivity contribution in [2.24, 2.45) is 5.41 Å². The minimum Gasteiger partial charge on any atom is -0.335 e. The van der Waals surface area contributed by atoms with Gasteiger partial charge in [0.2, 0.25) is 5.91 Å². The second kappa shape index (κ2) is 8.85. The highest BCUT2D eigenvalue weighted by molar-refractivity contribution is 6.40. The smallest absolute Gasteiger partial charge is 0.313 e. The van der Waals surface area contributed by atoms with Gasteiger partial charge in [-0.3, -0.25) is 24.5 Å². The summed E-state index contributed by atoms with van der Waals surface area (Å²) in [5, 5.41) is 9.96. The average molecular weight is 467 g/mol. The van der Waals surface area contributed by atoms with E-state index in [9.17, 15) is 18.8 Å². The lowest BCUT2D eigenvalue weighted by Crippen LogP contribution is -2.60. The van der Waals surface area contributed by atoms with Gasteiger partial charge in [-0.15, -0.1) is 0 Å². The summed E-state index contributed by atoms with van der Waals surface area (Å²) in [6.45, 7) is 7.71. The first-order valence-corrected chi connectivity index (χ1v) is 11.0. The number of piperazine rings is 1. The molecular weight excluding hydrogens is 439 g/mol. The Balaban J connectivity index is 1.63. The molecule has 2 N–H and O–H groups in total. The Bertz CT molecular complexity index is 1230. The van der Waals surface area contributed by atoms with Crippen molar-refractivity contribution in [3.8, 4) is 0 Å². The van der Waals surface area contributed by atoms with E-state index in [-0.39, 0.29) is 25.0 Å². The maximum atomic E-state index is 13.6.